The maximum Gasteiger partial charge on any atom is 0.329 e. The minimum Gasteiger partial charge on any atom is -0.464 e. The van der Waals surface area contributed by atoms with E-state index in [0.717, 1.165) is 29.0 Å². The molecule has 2 aromatic heterocycles. The summed E-state index contributed by atoms with van der Waals surface area (Å²) in [5, 5.41) is 0. The summed E-state index contributed by atoms with van der Waals surface area (Å²) in [5.74, 6) is 1.57. The Morgan fingerprint density at radius 2 is 1.73 bits per heavy atom. The highest BCUT2D eigenvalue weighted by molar-refractivity contribution is 5.78. The van der Waals surface area contributed by atoms with E-state index >= 15 is 0 Å². The highest BCUT2D eigenvalue weighted by Gasteiger charge is 2.15. The predicted molar refractivity (Wildman–Crippen MR) is 101 cm³/mol. The summed E-state index contributed by atoms with van der Waals surface area (Å²) in [4.78, 5) is 26.8. The molecule has 3 rings (SSSR count). The van der Waals surface area contributed by atoms with Crippen molar-refractivity contribution in [3.8, 4) is 0 Å². The van der Waals surface area contributed by atoms with Gasteiger partial charge in [-0.15, -0.1) is 0 Å². The fourth-order valence-electron chi connectivity index (χ4n) is 3.22. The highest BCUT2D eigenvalue weighted by Crippen LogP contribution is 2.14. The summed E-state index contributed by atoms with van der Waals surface area (Å²) in [5.41, 5.74) is 1.75. The van der Waals surface area contributed by atoms with Crippen LogP contribution in [0, 0.1) is 6.92 Å². The first-order valence-electron chi connectivity index (χ1n) is 8.98. The van der Waals surface area contributed by atoms with E-state index in [4.69, 9.17) is 4.42 Å². The zero-order valence-electron chi connectivity index (χ0n) is 15.6. The summed E-state index contributed by atoms with van der Waals surface area (Å²) < 4.78 is 9.01. The lowest BCUT2D eigenvalue weighted by atomic mass is 10.3. The van der Waals surface area contributed by atoms with Crippen molar-refractivity contribution in [1.82, 2.24) is 14.0 Å². The van der Waals surface area contributed by atoms with Gasteiger partial charge in [0, 0.05) is 26.6 Å². The molecular formula is C20H25N3O3. The van der Waals surface area contributed by atoms with Gasteiger partial charge in [-0.25, -0.2) is 4.79 Å². The molecule has 0 aliphatic rings. The molecule has 1 aromatic carbocycles. The maximum atomic E-state index is 12.7. The number of nitrogens with zero attached hydrogens (tertiary/aromatic N) is 3. The lowest BCUT2D eigenvalue weighted by Crippen LogP contribution is -2.29. The zero-order valence-corrected chi connectivity index (χ0v) is 15.6. The quantitative estimate of drug-likeness (QED) is 0.654. The first-order valence-corrected chi connectivity index (χ1v) is 8.98. The Balaban J connectivity index is 1.74. The number of para-hydroxylation sites is 2. The molecule has 0 aliphatic heterocycles. The van der Waals surface area contributed by atoms with Crippen molar-refractivity contribution in [3.05, 3.63) is 58.4 Å². The summed E-state index contributed by atoms with van der Waals surface area (Å²) in [6, 6.07) is 11.5. The van der Waals surface area contributed by atoms with Crippen LogP contribution >= 0.6 is 0 Å². The molecule has 0 fully saturated rings. The second kappa shape index (κ2) is 7.64. The molecule has 6 nitrogen and oxygen atoms in total. The lowest BCUT2D eigenvalue weighted by molar-refractivity contribution is -0.130. The second-order valence-electron chi connectivity index (χ2n) is 6.59. The molecule has 0 radical (unpaired) electrons. The van der Waals surface area contributed by atoms with Gasteiger partial charge in [0.05, 0.1) is 17.6 Å². The van der Waals surface area contributed by atoms with Gasteiger partial charge in [-0.2, -0.15) is 0 Å². The first kappa shape index (κ1) is 18.0. The van der Waals surface area contributed by atoms with E-state index in [1.54, 1.807) is 21.1 Å². The lowest BCUT2D eigenvalue weighted by Gasteiger charge is -2.15. The summed E-state index contributed by atoms with van der Waals surface area (Å²) in [6.07, 6.45) is 1.16. The number of fused-ring (bicyclic) bond motifs is 1. The zero-order chi connectivity index (χ0) is 18.7. The Labute approximate surface area is 152 Å². The SMILES string of the molecule is CCCn1c(=O)n(CCC(=O)N(C)Cc2ccc(C)o2)c2ccccc21. The van der Waals surface area contributed by atoms with Crippen molar-refractivity contribution < 1.29 is 9.21 Å². The standard InChI is InChI=1S/C20H25N3O3/c1-4-12-22-17-7-5-6-8-18(17)23(20(22)25)13-11-19(24)21(3)14-16-10-9-15(2)26-16/h5-10H,4,11-14H2,1-3H3. The third-order valence-corrected chi connectivity index (χ3v) is 4.54. The molecule has 2 heterocycles. The molecule has 0 unspecified atom stereocenters. The van der Waals surface area contributed by atoms with Crippen LogP contribution < -0.4 is 5.69 Å². The van der Waals surface area contributed by atoms with E-state index in [1.807, 2.05) is 50.2 Å². The number of hydrogen-bond donors (Lipinski definition) is 0. The Hall–Kier alpha value is -2.76. The van der Waals surface area contributed by atoms with Crippen LogP contribution in [0.15, 0.2) is 45.6 Å². The van der Waals surface area contributed by atoms with E-state index in [9.17, 15) is 9.59 Å². The minimum absolute atomic E-state index is 0.0155. The number of hydrogen-bond acceptors (Lipinski definition) is 3. The number of furan rings is 1. The first-order chi connectivity index (χ1) is 12.5. The van der Waals surface area contributed by atoms with Crippen molar-refractivity contribution in [1.29, 1.82) is 0 Å². The number of carbonyl (C=O) groups excluding carboxylic acids is 1. The average molecular weight is 355 g/mol. The van der Waals surface area contributed by atoms with Crippen LogP contribution in [0.2, 0.25) is 0 Å². The van der Waals surface area contributed by atoms with Crippen molar-refractivity contribution in [2.75, 3.05) is 7.05 Å². The highest BCUT2D eigenvalue weighted by atomic mass is 16.3. The number of carbonyl (C=O) groups is 1. The van der Waals surface area contributed by atoms with E-state index in [-0.39, 0.29) is 18.0 Å². The van der Waals surface area contributed by atoms with Crippen LogP contribution in [0.3, 0.4) is 0 Å². The van der Waals surface area contributed by atoms with Gasteiger partial charge in [-0.1, -0.05) is 19.1 Å². The number of aromatic nitrogens is 2. The number of aryl methyl sites for hydroxylation is 3. The van der Waals surface area contributed by atoms with Crippen molar-refractivity contribution >= 4 is 16.9 Å². The molecule has 6 heteroatoms. The summed E-state index contributed by atoms with van der Waals surface area (Å²) in [6.45, 7) is 5.41. The molecule has 0 aliphatic carbocycles. The Bertz CT molecular complexity index is 964. The fraction of sp³-hybridized carbons (Fsp3) is 0.400. The van der Waals surface area contributed by atoms with E-state index < -0.39 is 0 Å². The maximum absolute atomic E-state index is 12.7. The number of imidazole rings is 1. The minimum atomic E-state index is -0.0508. The molecular weight excluding hydrogens is 330 g/mol. The molecule has 0 N–H and O–H groups in total. The number of benzene rings is 1. The monoisotopic (exact) mass is 355 g/mol. The van der Waals surface area contributed by atoms with Gasteiger partial charge < -0.3 is 9.32 Å². The topological polar surface area (TPSA) is 60.4 Å². The van der Waals surface area contributed by atoms with Crippen molar-refractivity contribution in [2.45, 2.75) is 46.3 Å². The Morgan fingerprint density at radius 1 is 1.08 bits per heavy atom. The van der Waals surface area contributed by atoms with Gasteiger partial charge in [0.1, 0.15) is 11.5 Å². The second-order valence-corrected chi connectivity index (χ2v) is 6.59. The molecule has 0 saturated heterocycles. The average Bonchev–Trinajstić information content (AvgIpc) is 3.15. The van der Waals surface area contributed by atoms with Crippen LogP contribution in [0.5, 0.6) is 0 Å². The van der Waals surface area contributed by atoms with Crippen LogP contribution in [0.25, 0.3) is 11.0 Å². The largest absolute Gasteiger partial charge is 0.464 e. The van der Waals surface area contributed by atoms with E-state index in [2.05, 4.69) is 0 Å². The van der Waals surface area contributed by atoms with Crippen molar-refractivity contribution in [2.24, 2.45) is 0 Å². The van der Waals surface area contributed by atoms with E-state index in [0.29, 0.717) is 19.6 Å². The van der Waals surface area contributed by atoms with Crippen LogP contribution in [-0.4, -0.2) is 27.0 Å². The molecule has 26 heavy (non-hydrogen) atoms. The van der Waals surface area contributed by atoms with Crippen molar-refractivity contribution in [3.63, 3.8) is 0 Å². The predicted octanol–water partition coefficient (Wildman–Crippen LogP) is 3.16. The van der Waals surface area contributed by atoms with Gasteiger partial charge >= 0.3 is 5.69 Å². The molecule has 0 spiro atoms. The number of amides is 1. The van der Waals surface area contributed by atoms with Gasteiger partial charge in [0.25, 0.3) is 0 Å². The molecule has 1 amide bonds. The number of rotatable bonds is 7. The van der Waals surface area contributed by atoms with Crippen LogP contribution in [0.4, 0.5) is 0 Å². The third kappa shape index (κ3) is 3.59. The smallest absolute Gasteiger partial charge is 0.329 e. The summed E-state index contributed by atoms with van der Waals surface area (Å²) >= 11 is 0. The third-order valence-electron chi connectivity index (χ3n) is 4.54. The Morgan fingerprint density at radius 3 is 2.31 bits per heavy atom. The molecule has 0 bridgehead atoms. The fourth-order valence-corrected chi connectivity index (χ4v) is 3.22. The normalized spacial score (nSPS) is 11.2. The van der Waals surface area contributed by atoms with Gasteiger partial charge in [-0.3, -0.25) is 13.9 Å². The van der Waals surface area contributed by atoms with Gasteiger partial charge in [0.2, 0.25) is 5.91 Å². The van der Waals surface area contributed by atoms with E-state index in [1.165, 1.54) is 0 Å². The summed E-state index contributed by atoms with van der Waals surface area (Å²) in [7, 11) is 1.75. The molecule has 138 valence electrons. The molecule has 0 saturated carbocycles. The van der Waals surface area contributed by atoms with Crippen LogP contribution in [-0.2, 0) is 24.4 Å². The molecule has 3 aromatic rings. The molecule has 0 atom stereocenters. The Kier molecular flexibility index (Phi) is 5.30. The van der Waals surface area contributed by atoms with Gasteiger partial charge in [-0.05, 0) is 37.6 Å². The van der Waals surface area contributed by atoms with Gasteiger partial charge in [0.15, 0.2) is 0 Å². The van der Waals surface area contributed by atoms with Crippen LogP contribution in [0.1, 0.15) is 31.3 Å².